The Morgan fingerprint density at radius 1 is 1.14 bits per heavy atom. The molecule has 2 fully saturated rings. The molecule has 3 heterocycles. The molecule has 0 bridgehead atoms. The van der Waals surface area contributed by atoms with Gasteiger partial charge in [0.05, 0.1) is 16.3 Å². The van der Waals surface area contributed by atoms with Gasteiger partial charge in [0.2, 0.25) is 0 Å². The van der Waals surface area contributed by atoms with Crippen molar-refractivity contribution < 1.29 is 18.0 Å². The largest absolute Gasteiger partial charge is 0.338 e. The maximum absolute atomic E-state index is 14.0. The van der Waals surface area contributed by atoms with Crippen LogP contribution < -0.4 is 0 Å². The average molecular weight is 409 g/mol. The molecule has 150 valence electrons. The number of nitrogens with zero attached hydrogens (tertiary/aromatic N) is 3. The van der Waals surface area contributed by atoms with Gasteiger partial charge in [0.15, 0.2) is 11.6 Å². The third-order valence-corrected chi connectivity index (χ3v) is 6.58. The lowest BCUT2D eigenvalue weighted by Crippen LogP contribution is -2.45. The van der Waals surface area contributed by atoms with E-state index in [1.807, 2.05) is 6.92 Å². The van der Waals surface area contributed by atoms with Gasteiger partial charge in [-0.25, -0.2) is 18.2 Å². The minimum Gasteiger partial charge on any atom is -0.338 e. The smallest absolute Gasteiger partial charge is 0.256 e. The van der Waals surface area contributed by atoms with Gasteiger partial charge in [-0.3, -0.25) is 9.69 Å². The zero-order valence-electron chi connectivity index (χ0n) is 15.7. The zero-order valence-corrected chi connectivity index (χ0v) is 16.5. The molecular weight excluding hydrogens is 387 g/mol. The van der Waals surface area contributed by atoms with Crippen molar-refractivity contribution in [3.63, 3.8) is 0 Å². The zero-order chi connectivity index (χ0) is 19.9. The summed E-state index contributed by atoms with van der Waals surface area (Å²) in [6.07, 6.45) is 2.87. The fourth-order valence-electron chi connectivity index (χ4n) is 4.45. The predicted molar refractivity (Wildman–Crippen MR) is 101 cm³/mol. The van der Waals surface area contributed by atoms with Crippen molar-refractivity contribution in [3.05, 3.63) is 51.2 Å². The molecule has 4 nitrogen and oxygen atoms in total. The van der Waals surface area contributed by atoms with Crippen molar-refractivity contribution in [3.8, 4) is 0 Å². The molecule has 1 aromatic carbocycles. The molecule has 1 spiro atoms. The SMILES string of the molecule is Cc1nc(CN2CCCC3(CCN(C(=O)c4cc(F)c(F)cc4F)C3)C2)cs1. The third kappa shape index (κ3) is 3.80. The molecule has 0 N–H and O–H groups in total. The standard InChI is InChI=1S/C20H22F3N3OS/c1-13-24-14(10-28-13)9-25-5-2-3-20(11-25)4-6-26(12-20)19(27)15-7-17(22)18(23)8-16(15)21/h7-8,10H,2-6,9,11-12H2,1H3. The van der Waals surface area contributed by atoms with Crippen LogP contribution in [0.1, 0.15) is 40.3 Å². The van der Waals surface area contributed by atoms with Crippen LogP contribution in [0, 0.1) is 29.8 Å². The summed E-state index contributed by atoms with van der Waals surface area (Å²) in [7, 11) is 0. The minimum absolute atomic E-state index is 0.0337. The van der Waals surface area contributed by atoms with E-state index in [0.717, 1.165) is 49.6 Å². The Morgan fingerprint density at radius 3 is 2.68 bits per heavy atom. The lowest BCUT2D eigenvalue weighted by molar-refractivity contribution is 0.0669. The van der Waals surface area contributed by atoms with E-state index in [0.29, 0.717) is 25.2 Å². The number of carbonyl (C=O) groups is 1. The van der Waals surface area contributed by atoms with Crippen LogP contribution in [0.5, 0.6) is 0 Å². The van der Waals surface area contributed by atoms with E-state index >= 15 is 0 Å². The molecule has 0 saturated carbocycles. The molecule has 0 aliphatic carbocycles. The topological polar surface area (TPSA) is 36.4 Å². The van der Waals surface area contributed by atoms with E-state index in [1.54, 1.807) is 16.2 Å². The molecule has 1 unspecified atom stereocenters. The fraction of sp³-hybridized carbons (Fsp3) is 0.500. The molecule has 2 aliphatic heterocycles. The van der Waals surface area contributed by atoms with E-state index in [-0.39, 0.29) is 5.41 Å². The number of aromatic nitrogens is 1. The van der Waals surface area contributed by atoms with Gasteiger partial charge in [0.1, 0.15) is 5.82 Å². The summed E-state index contributed by atoms with van der Waals surface area (Å²) in [4.78, 5) is 21.2. The molecule has 1 aromatic heterocycles. The lowest BCUT2D eigenvalue weighted by Gasteiger charge is -2.40. The summed E-state index contributed by atoms with van der Waals surface area (Å²) in [5.74, 6) is -4.08. The number of carbonyl (C=O) groups excluding carboxylic acids is 1. The molecule has 0 radical (unpaired) electrons. The second kappa shape index (κ2) is 7.48. The molecule has 1 atom stereocenters. The van der Waals surface area contributed by atoms with Crippen LogP contribution in [0.25, 0.3) is 0 Å². The monoisotopic (exact) mass is 409 g/mol. The second-order valence-corrected chi connectivity index (χ2v) is 8.96. The van der Waals surface area contributed by atoms with E-state index in [9.17, 15) is 18.0 Å². The maximum Gasteiger partial charge on any atom is 0.256 e. The van der Waals surface area contributed by atoms with E-state index in [1.165, 1.54) is 0 Å². The van der Waals surface area contributed by atoms with E-state index in [4.69, 9.17) is 0 Å². The highest BCUT2D eigenvalue weighted by atomic mass is 32.1. The summed E-state index contributed by atoms with van der Waals surface area (Å²) in [6, 6.07) is 1.10. The number of likely N-dealkylation sites (tertiary alicyclic amines) is 2. The number of piperidine rings is 1. The van der Waals surface area contributed by atoms with Gasteiger partial charge in [0, 0.05) is 43.0 Å². The first kappa shape index (κ1) is 19.4. The molecule has 2 aliphatic rings. The van der Waals surface area contributed by atoms with Crippen molar-refractivity contribution in [2.45, 2.75) is 32.7 Å². The number of hydrogen-bond acceptors (Lipinski definition) is 4. The molecule has 8 heteroatoms. The number of aryl methyl sites for hydroxylation is 1. The predicted octanol–water partition coefficient (Wildman–Crippen LogP) is 4.00. The van der Waals surface area contributed by atoms with Gasteiger partial charge < -0.3 is 4.90 Å². The Balaban J connectivity index is 1.45. The number of halogens is 3. The summed E-state index contributed by atoms with van der Waals surface area (Å²) >= 11 is 1.64. The van der Waals surface area contributed by atoms with Crippen LogP contribution in [0.15, 0.2) is 17.5 Å². The van der Waals surface area contributed by atoms with Crippen molar-refractivity contribution in [2.24, 2.45) is 5.41 Å². The average Bonchev–Trinajstić information content (AvgIpc) is 3.24. The van der Waals surface area contributed by atoms with E-state index in [2.05, 4.69) is 15.3 Å². The Kier molecular flexibility index (Phi) is 5.18. The van der Waals surface area contributed by atoms with E-state index < -0.39 is 28.9 Å². The molecule has 2 aromatic rings. The summed E-state index contributed by atoms with van der Waals surface area (Å²) in [6.45, 7) is 5.64. The third-order valence-electron chi connectivity index (χ3n) is 5.76. The van der Waals surface area contributed by atoms with Crippen LogP contribution in [-0.2, 0) is 6.54 Å². The highest BCUT2D eigenvalue weighted by Gasteiger charge is 2.43. The Morgan fingerprint density at radius 2 is 1.93 bits per heavy atom. The molecule has 2 saturated heterocycles. The van der Waals surface area contributed by atoms with Crippen LogP contribution in [0.4, 0.5) is 13.2 Å². The first-order chi connectivity index (χ1) is 13.3. The maximum atomic E-state index is 14.0. The number of hydrogen-bond donors (Lipinski definition) is 0. The van der Waals surface area contributed by atoms with Crippen molar-refractivity contribution >= 4 is 17.2 Å². The highest BCUT2D eigenvalue weighted by Crippen LogP contribution is 2.40. The number of benzene rings is 1. The van der Waals surface area contributed by atoms with Crippen LogP contribution in [0.2, 0.25) is 0 Å². The van der Waals surface area contributed by atoms with Gasteiger partial charge in [-0.15, -0.1) is 11.3 Å². The Bertz CT molecular complexity index is 903. The molecular formula is C20H22F3N3OS. The number of thiazole rings is 1. The van der Waals surface area contributed by atoms with Crippen LogP contribution in [-0.4, -0.2) is 46.9 Å². The number of rotatable bonds is 3. The number of amides is 1. The van der Waals surface area contributed by atoms with Gasteiger partial charge in [-0.05, 0) is 38.8 Å². The normalized spacial score (nSPS) is 22.9. The molecule has 4 rings (SSSR count). The highest BCUT2D eigenvalue weighted by molar-refractivity contribution is 7.09. The minimum atomic E-state index is -1.29. The first-order valence-electron chi connectivity index (χ1n) is 9.42. The van der Waals surface area contributed by atoms with Crippen LogP contribution in [0.3, 0.4) is 0 Å². The van der Waals surface area contributed by atoms with Crippen molar-refractivity contribution in [1.82, 2.24) is 14.8 Å². The van der Waals surface area contributed by atoms with Gasteiger partial charge in [-0.2, -0.15) is 0 Å². The quantitative estimate of drug-likeness (QED) is 0.719. The molecule has 1 amide bonds. The van der Waals surface area contributed by atoms with Gasteiger partial charge in [-0.1, -0.05) is 0 Å². The molecule has 28 heavy (non-hydrogen) atoms. The van der Waals surface area contributed by atoms with Crippen molar-refractivity contribution in [2.75, 3.05) is 26.2 Å². The Hall–Kier alpha value is -1.93. The summed E-state index contributed by atoms with van der Waals surface area (Å²) in [5, 5.41) is 3.13. The first-order valence-corrected chi connectivity index (χ1v) is 10.3. The lowest BCUT2D eigenvalue weighted by atomic mass is 9.79. The van der Waals surface area contributed by atoms with Crippen molar-refractivity contribution in [1.29, 1.82) is 0 Å². The van der Waals surface area contributed by atoms with Crippen LogP contribution >= 0.6 is 11.3 Å². The fourth-order valence-corrected chi connectivity index (χ4v) is 5.06. The van der Waals surface area contributed by atoms with Gasteiger partial charge >= 0.3 is 0 Å². The summed E-state index contributed by atoms with van der Waals surface area (Å²) in [5.41, 5.74) is 0.629. The second-order valence-electron chi connectivity index (χ2n) is 7.89. The summed E-state index contributed by atoms with van der Waals surface area (Å²) < 4.78 is 40.7. The van der Waals surface area contributed by atoms with Gasteiger partial charge in [0.25, 0.3) is 5.91 Å². The Labute approximate surface area is 166 Å².